The molecule has 1 saturated carbocycles. The van der Waals surface area contributed by atoms with Crippen molar-refractivity contribution in [1.82, 2.24) is 5.32 Å². The van der Waals surface area contributed by atoms with Crippen molar-refractivity contribution in [2.45, 2.75) is 24.7 Å². The van der Waals surface area contributed by atoms with Crippen LogP contribution in [0, 0.1) is 18.7 Å². The molecule has 0 aromatic heterocycles. The van der Waals surface area contributed by atoms with Crippen molar-refractivity contribution in [1.29, 1.82) is 0 Å². The second-order valence-corrected chi connectivity index (χ2v) is 6.33. The first kappa shape index (κ1) is 14.0. The molecule has 5 nitrogen and oxygen atoms in total. The second kappa shape index (κ2) is 4.90. The van der Waals surface area contributed by atoms with Crippen LogP contribution in [0.5, 0.6) is 0 Å². The molecule has 1 aliphatic carbocycles. The van der Waals surface area contributed by atoms with Crippen LogP contribution in [0.3, 0.4) is 0 Å². The largest absolute Gasteiger partial charge is 0.352 e. The summed E-state index contributed by atoms with van der Waals surface area (Å²) in [7, 11) is -3.97. The van der Waals surface area contributed by atoms with E-state index in [9.17, 15) is 17.6 Å². The molecule has 0 radical (unpaired) electrons. The van der Waals surface area contributed by atoms with Gasteiger partial charge in [0.15, 0.2) is 0 Å². The fourth-order valence-corrected chi connectivity index (χ4v) is 2.58. The molecule has 104 valence electrons. The number of primary sulfonamides is 1. The number of nitrogens with one attached hydrogen (secondary N) is 1. The van der Waals surface area contributed by atoms with Crippen molar-refractivity contribution in [2.75, 3.05) is 6.54 Å². The fraction of sp³-hybridized carbons (Fsp3) is 0.417. The Balaban J connectivity index is 2.30. The number of hydrogen-bond acceptors (Lipinski definition) is 3. The van der Waals surface area contributed by atoms with Gasteiger partial charge in [0.25, 0.3) is 5.91 Å². The molecule has 0 unspecified atom stereocenters. The van der Waals surface area contributed by atoms with Crippen molar-refractivity contribution < 1.29 is 17.6 Å². The highest BCUT2D eigenvalue weighted by molar-refractivity contribution is 7.89. The molecule has 1 amide bonds. The Morgan fingerprint density at radius 1 is 1.47 bits per heavy atom. The van der Waals surface area contributed by atoms with Crippen LogP contribution in [0.2, 0.25) is 0 Å². The summed E-state index contributed by atoms with van der Waals surface area (Å²) in [4.78, 5) is 11.6. The van der Waals surface area contributed by atoms with Gasteiger partial charge in [0.05, 0.1) is 10.5 Å². The number of benzene rings is 1. The monoisotopic (exact) mass is 286 g/mol. The van der Waals surface area contributed by atoms with Gasteiger partial charge in [-0.25, -0.2) is 17.9 Å². The number of hydrogen-bond donors (Lipinski definition) is 2. The molecular weight excluding hydrogens is 271 g/mol. The van der Waals surface area contributed by atoms with Crippen LogP contribution in [-0.4, -0.2) is 20.9 Å². The van der Waals surface area contributed by atoms with Gasteiger partial charge in [-0.1, -0.05) is 0 Å². The van der Waals surface area contributed by atoms with Crippen molar-refractivity contribution in [3.05, 3.63) is 29.1 Å². The highest BCUT2D eigenvalue weighted by atomic mass is 32.2. The lowest BCUT2D eigenvalue weighted by molar-refractivity contribution is 0.0947. The zero-order valence-electron chi connectivity index (χ0n) is 10.4. The van der Waals surface area contributed by atoms with E-state index in [1.54, 1.807) is 0 Å². The Kier molecular flexibility index (Phi) is 3.60. The summed E-state index contributed by atoms with van der Waals surface area (Å²) in [5.41, 5.74) is -0.117. The fourth-order valence-electron chi connectivity index (χ4n) is 1.79. The summed E-state index contributed by atoms with van der Waals surface area (Å²) in [6, 6.07) is 1.99. The van der Waals surface area contributed by atoms with E-state index in [1.165, 1.54) is 6.92 Å². The number of sulfonamides is 1. The number of nitrogens with two attached hydrogens (primary N) is 1. The number of halogens is 1. The summed E-state index contributed by atoms with van der Waals surface area (Å²) in [6.45, 7) is 1.91. The first-order chi connectivity index (χ1) is 8.79. The maximum Gasteiger partial charge on any atom is 0.254 e. The molecule has 19 heavy (non-hydrogen) atoms. The Morgan fingerprint density at radius 3 is 2.63 bits per heavy atom. The number of carbonyl (C=O) groups is 1. The molecule has 0 heterocycles. The van der Waals surface area contributed by atoms with Crippen LogP contribution in [0.4, 0.5) is 4.39 Å². The topological polar surface area (TPSA) is 89.3 Å². The van der Waals surface area contributed by atoms with E-state index in [1.807, 2.05) is 0 Å². The molecular formula is C12H15FN2O3S. The second-order valence-electron chi connectivity index (χ2n) is 4.80. The van der Waals surface area contributed by atoms with Crippen LogP contribution >= 0.6 is 0 Å². The van der Waals surface area contributed by atoms with Gasteiger partial charge < -0.3 is 5.32 Å². The van der Waals surface area contributed by atoms with Gasteiger partial charge >= 0.3 is 0 Å². The number of amides is 1. The standard InChI is InChI=1S/C12H15FN2O3S/c1-7-4-10(13)9(5-11(7)19(14,17)18)12(16)15-6-8-2-3-8/h4-5,8H,2-3,6H2,1H3,(H,15,16)(H2,14,17,18). The summed E-state index contributed by atoms with van der Waals surface area (Å²) in [6.07, 6.45) is 2.11. The number of aryl methyl sites for hydroxylation is 1. The molecule has 2 rings (SSSR count). The van der Waals surface area contributed by atoms with Crippen LogP contribution in [-0.2, 0) is 10.0 Å². The van der Waals surface area contributed by atoms with E-state index < -0.39 is 21.7 Å². The van der Waals surface area contributed by atoms with Gasteiger partial charge in [0, 0.05) is 6.54 Å². The predicted octanol–water partition coefficient (Wildman–Crippen LogP) is 0.921. The first-order valence-electron chi connectivity index (χ1n) is 5.90. The Morgan fingerprint density at radius 2 is 2.11 bits per heavy atom. The van der Waals surface area contributed by atoms with E-state index >= 15 is 0 Å². The molecule has 1 fully saturated rings. The molecule has 0 aliphatic heterocycles. The van der Waals surface area contributed by atoms with Crippen LogP contribution < -0.4 is 10.5 Å². The summed E-state index contributed by atoms with van der Waals surface area (Å²) in [5, 5.41) is 7.61. The van der Waals surface area contributed by atoms with Crippen molar-refractivity contribution >= 4 is 15.9 Å². The van der Waals surface area contributed by atoms with Gasteiger partial charge in [-0.3, -0.25) is 4.79 Å². The highest BCUT2D eigenvalue weighted by Gasteiger charge is 2.24. The molecule has 1 aromatic carbocycles. The zero-order valence-corrected chi connectivity index (χ0v) is 11.3. The molecule has 3 N–H and O–H groups in total. The minimum Gasteiger partial charge on any atom is -0.352 e. The third kappa shape index (κ3) is 3.30. The smallest absolute Gasteiger partial charge is 0.254 e. The summed E-state index contributed by atoms with van der Waals surface area (Å²) < 4.78 is 36.4. The Labute approximate surface area is 111 Å². The predicted molar refractivity (Wildman–Crippen MR) is 67.6 cm³/mol. The van der Waals surface area contributed by atoms with Gasteiger partial charge in [0.2, 0.25) is 10.0 Å². The zero-order chi connectivity index (χ0) is 14.2. The molecule has 1 aromatic rings. The van der Waals surface area contributed by atoms with E-state index in [0.717, 1.165) is 25.0 Å². The average molecular weight is 286 g/mol. The maximum atomic E-state index is 13.7. The van der Waals surface area contributed by atoms with Crippen molar-refractivity contribution in [2.24, 2.45) is 11.1 Å². The summed E-state index contributed by atoms with van der Waals surface area (Å²) >= 11 is 0. The van der Waals surface area contributed by atoms with Crippen LogP contribution in [0.25, 0.3) is 0 Å². The van der Waals surface area contributed by atoms with Gasteiger partial charge in [-0.05, 0) is 43.4 Å². The summed E-state index contributed by atoms with van der Waals surface area (Å²) in [5.74, 6) is -0.914. The maximum absolute atomic E-state index is 13.7. The third-order valence-electron chi connectivity index (χ3n) is 3.06. The van der Waals surface area contributed by atoms with Crippen molar-refractivity contribution in [3.63, 3.8) is 0 Å². The normalized spacial score (nSPS) is 15.3. The molecule has 7 heteroatoms. The van der Waals surface area contributed by atoms with Gasteiger partial charge in [-0.2, -0.15) is 0 Å². The van der Waals surface area contributed by atoms with E-state index in [2.05, 4.69) is 5.32 Å². The lowest BCUT2D eigenvalue weighted by Crippen LogP contribution is -2.27. The minimum absolute atomic E-state index is 0.179. The van der Waals surface area contributed by atoms with E-state index in [0.29, 0.717) is 12.5 Å². The lowest BCUT2D eigenvalue weighted by atomic mass is 10.1. The Hall–Kier alpha value is -1.47. The molecule has 1 aliphatic rings. The van der Waals surface area contributed by atoms with Crippen LogP contribution in [0.15, 0.2) is 17.0 Å². The van der Waals surface area contributed by atoms with Gasteiger partial charge in [0.1, 0.15) is 5.82 Å². The first-order valence-corrected chi connectivity index (χ1v) is 7.45. The molecule has 0 spiro atoms. The van der Waals surface area contributed by atoms with E-state index in [4.69, 9.17) is 5.14 Å². The highest BCUT2D eigenvalue weighted by Crippen LogP contribution is 2.27. The van der Waals surface area contributed by atoms with Crippen LogP contribution in [0.1, 0.15) is 28.8 Å². The average Bonchev–Trinajstić information content (AvgIpc) is 3.07. The van der Waals surface area contributed by atoms with E-state index in [-0.39, 0.29) is 16.0 Å². The van der Waals surface area contributed by atoms with Gasteiger partial charge in [-0.15, -0.1) is 0 Å². The molecule has 0 atom stereocenters. The lowest BCUT2D eigenvalue weighted by Gasteiger charge is -2.09. The quantitative estimate of drug-likeness (QED) is 0.862. The minimum atomic E-state index is -3.97. The number of rotatable bonds is 4. The number of carbonyl (C=O) groups excluding carboxylic acids is 1. The SMILES string of the molecule is Cc1cc(F)c(C(=O)NCC2CC2)cc1S(N)(=O)=O. The molecule has 0 bridgehead atoms. The third-order valence-corrected chi connectivity index (χ3v) is 4.12. The van der Waals surface area contributed by atoms with Crippen molar-refractivity contribution in [3.8, 4) is 0 Å². The Bertz CT molecular complexity index is 624. The molecule has 0 saturated heterocycles.